The number of aliphatic hydroxyl groups excluding tert-OH is 1. The van der Waals surface area contributed by atoms with Gasteiger partial charge in [0.1, 0.15) is 5.75 Å². The number of anilines is 1. The number of rotatable bonds is 14. The number of hydrogen-bond donors (Lipinski definition) is 1. The van der Waals surface area contributed by atoms with Gasteiger partial charge in [0, 0.05) is 63.4 Å². The van der Waals surface area contributed by atoms with Crippen molar-refractivity contribution in [1.82, 2.24) is 4.90 Å². The fourth-order valence-electron chi connectivity index (χ4n) is 8.24. The molecule has 10 nitrogen and oxygen atoms in total. The topological polar surface area (TPSA) is 127 Å². The molecule has 2 bridgehead atoms. The Hall–Kier alpha value is -2.22. The van der Waals surface area contributed by atoms with E-state index in [2.05, 4.69) is 18.7 Å². The Morgan fingerprint density at radius 3 is 2.16 bits per heavy atom. The van der Waals surface area contributed by atoms with Crippen molar-refractivity contribution in [2.45, 2.75) is 88.6 Å². The minimum Gasteiger partial charge on any atom is -0.748 e. The van der Waals surface area contributed by atoms with E-state index in [1.54, 1.807) is 6.07 Å². The van der Waals surface area contributed by atoms with Crippen molar-refractivity contribution in [2.75, 3.05) is 83.4 Å². The summed E-state index contributed by atoms with van der Waals surface area (Å²) in [4.78, 5) is 4.99. The summed E-state index contributed by atoms with van der Waals surface area (Å²) in [5, 5.41) is 12.4. The summed E-state index contributed by atoms with van der Waals surface area (Å²) in [6.45, 7) is 13.9. The maximum Gasteiger partial charge on any atom is 0.179 e. The zero-order valence-electron chi connectivity index (χ0n) is 31.0. The molecule has 1 N–H and O–H groups in total. The molecule has 50 heavy (non-hydrogen) atoms. The van der Waals surface area contributed by atoms with Crippen LogP contribution in [-0.2, 0) is 20.0 Å². The van der Waals surface area contributed by atoms with Crippen molar-refractivity contribution in [3.05, 3.63) is 53.6 Å². The van der Waals surface area contributed by atoms with E-state index in [-0.39, 0.29) is 5.75 Å². The normalized spacial score (nSPS) is 25.4. The number of quaternary nitrogens is 1. The molecule has 0 radical (unpaired) electrons. The number of sulfone groups is 1. The van der Waals surface area contributed by atoms with Crippen molar-refractivity contribution in [3.63, 3.8) is 0 Å². The van der Waals surface area contributed by atoms with E-state index in [0.29, 0.717) is 36.2 Å². The summed E-state index contributed by atoms with van der Waals surface area (Å²) in [5.41, 5.74) is 1.88. The Balaban J connectivity index is 0.00000105. The first-order valence-corrected chi connectivity index (χ1v) is 22.0. The first kappa shape index (κ1) is 40.5. The first-order chi connectivity index (χ1) is 23.6. The van der Waals surface area contributed by atoms with Crippen LogP contribution in [0.25, 0.3) is 0 Å². The SMILES string of the molecule is CCCCC1(CCCC)CS(=O)(=O)c2ccc(N(C)C)cc2[C@@H](c2ccc(OCCCC[N+]34CCCN(CC3)CC4)cc2)[C@H]1O.CS(=O)(=O)[O-]. The van der Waals surface area contributed by atoms with Crippen LogP contribution in [0.2, 0.25) is 0 Å². The molecule has 4 heterocycles. The largest absolute Gasteiger partial charge is 0.748 e. The number of aliphatic hydroxyl groups is 1. The fourth-order valence-corrected chi connectivity index (χ4v) is 10.4. The molecule has 282 valence electrons. The quantitative estimate of drug-likeness (QED) is 0.157. The van der Waals surface area contributed by atoms with Crippen LogP contribution in [0.15, 0.2) is 47.4 Å². The predicted octanol–water partition coefficient (Wildman–Crippen LogP) is 5.26. The average Bonchev–Trinajstić information content (AvgIpc) is 3.42. The maximum absolute atomic E-state index is 14.1. The van der Waals surface area contributed by atoms with Crippen LogP contribution < -0.4 is 9.64 Å². The van der Waals surface area contributed by atoms with Gasteiger partial charge in [-0.2, -0.15) is 0 Å². The van der Waals surface area contributed by atoms with Gasteiger partial charge in [0.25, 0.3) is 0 Å². The zero-order valence-corrected chi connectivity index (χ0v) is 32.6. The number of fused-ring (bicyclic) bond motifs is 5. The van der Waals surface area contributed by atoms with Gasteiger partial charge in [0.15, 0.2) is 9.84 Å². The molecule has 3 saturated heterocycles. The molecule has 0 amide bonds. The maximum atomic E-state index is 14.1. The summed E-state index contributed by atoms with van der Waals surface area (Å²) in [5.74, 6) is 0.379. The minimum atomic E-state index is -3.92. The molecular weight excluding hydrogens is 675 g/mol. The number of piperazine rings is 1. The van der Waals surface area contributed by atoms with E-state index < -0.39 is 37.4 Å². The van der Waals surface area contributed by atoms with Crippen LogP contribution in [0.4, 0.5) is 5.69 Å². The molecule has 0 aliphatic carbocycles. The van der Waals surface area contributed by atoms with Crippen molar-refractivity contribution < 1.29 is 35.7 Å². The fraction of sp³-hybridized carbons (Fsp3) is 0.684. The lowest BCUT2D eigenvalue weighted by atomic mass is 9.68. The van der Waals surface area contributed by atoms with Gasteiger partial charge in [0.05, 0.1) is 59.7 Å². The van der Waals surface area contributed by atoms with Crippen LogP contribution >= 0.6 is 0 Å². The van der Waals surface area contributed by atoms with E-state index >= 15 is 0 Å². The third-order valence-electron chi connectivity index (χ3n) is 11.1. The zero-order chi connectivity index (χ0) is 36.6. The lowest BCUT2D eigenvalue weighted by molar-refractivity contribution is -0.929. The van der Waals surface area contributed by atoms with Crippen molar-refractivity contribution >= 4 is 25.6 Å². The molecule has 3 fully saturated rings. The third-order valence-corrected chi connectivity index (χ3v) is 13.1. The second-order valence-corrected chi connectivity index (χ2v) is 18.5. The van der Waals surface area contributed by atoms with E-state index in [1.807, 2.05) is 55.4 Å². The number of benzene rings is 2. The molecule has 2 aromatic carbocycles. The van der Waals surface area contributed by atoms with Gasteiger partial charge in [-0.05, 0) is 67.1 Å². The van der Waals surface area contributed by atoms with Crippen molar-refractivity contribution in [1.29, 1.82) is 0 Å². The minimum absolute atomic E-state index is 0.00850. The molecule has 0 saturated carbocycles. The molecular formula is C38H61N3O7S2. The van der Waals surface area contributed by atoms with Crippen LogP contribution in [0.5, 0.6) is 5.75 Å². The lowest BCUT2D eigenvalue weighted by Gasteiger charge is -2.41. The van der Waals surface area contributed by atoms with Gasteiger partial charge in [-0.3, -0.25) is 4.90 Å². The average molecular weight is 736 g/mol. The van der Waals surface area contributed by atoms with Crippen molar-refractivity contribution in [2.24, 2.45) is 5.41 Å². The summed E-state index contributed by atoms with van der Waals surface area (Å²) in [6, 6.07) is 13.7. The number of nitrogens with zero attached hydrogens (tertiary/aromatic N) is 3. The summed E-state index contributed by atoms with van der Waals surface area (Å²) < 4.78 is 62.9. The Morgan fingerprint density at radius 2 is 1.58 bits per heavy atom. The van der Waals surface area contributed by atoms with Crippen LogP contribution in [0, 0.1) is 5.41 Å². The van der Waals surface area contributed by atoms with Gasteiger partial charge in [-0.1, -0.05) is 51.7 Å². The highest BCUT2D eigenvalue weighted by molar-refractivity contribution is 7.91. The number of unbranched alkanes of at least 4 members (excludes halogenated alkanes) is 3. The first-order valence-electron chi connectivity index (χ1n) is 18.6. The monoisotopic (exact) mass is 735 g/mol. The standard InChI is InChI=1S/C37H58N3O4S.CH4O3S/c1-5-7-18-37(19-8-6-2)29-45(42,43)34-17-14-31(38(3)4)28-33(34)35(36(37)41)30-12-15-32(16-13-30)44-27-10-9-23-40-24-11-20-39(21-25-40)22-26-40;1-5(2,3)4/h12-17,28,35-36,41H,5-11,18-27,29H2,1-4H3;1H3,(H,2,3,4)/q+1;/p-1/t35-,36-;/m1./s1. The molecule has 2 atom stereocenters. The Labute approximate surface area is 302 Å². The van der Waals surface area contributed by atoms with Gasteiger partial charge in [-0.25, -0.2) is 16.8 Å². The molecule has 12 heteroatoms. The van der Waals surface area contributed by atoms with Crippen LogP contribution in [0.3, 0.4) is 0 Å². The van der Waals surface area contributed by atoms with E-state index in [4.69, 9.17) is 17.7 Å². The summed E-state index contributed by atoms with van der Waals surface area (Å²) in [7, 11) is -3.59. The van der Waals surface area contributed by atoms with Crippen LogP contribution in [-0.4, -0.2) is 121 Å². The van der Waals surface area contributed by atoms with Gasteiger partial charge in [-0.15, -0.1) is 0 Å². The van der Waals surface area contributed by atoms with E-state index in [1.165, 1.54) is 63.1 Å². The molecule has 0 spiro atoms. The summed E-state index contributed by atoms with van der Waals surface area (Å²) >= 11 is 0. The molecule has 0 aromatic heterocycles. The van der Waals surface area contributed by atoms with Gasteiger partial charge >= 0.3 is 0 Å². The highest BCUT2D eigenvalue weighted by Gasteiger charge is 2.49. The molecule has 0 unspecified atom stereocenters. The van der Waals surface area contributed by atoms with Crippen molar-refractivity contribution in [3.8, 4) is 5.75 Å². The Morgan fingerprint density at radius 1 is 0.960 bits per heavy atom. The Kier molecular flexibility index (Phi) is 14.2. The lowest BCUT2D eigenvalue weighted by Crippen LogP contribution is -2.57. The second-order valence-electron chi connectivity index (χ2n) is 15.1. The predicted molar refractivity (Wildman–Crippen MR) is 200 cm³/mol. The van der Waals surface area contributed by atoms with Crippen LogP contribution in [0.1, 0.15) is 88.7 Å². The second kappa shape index (κ2) is 17.5. The highest BCUT2D eigenvalue weighted by atomic mass is 32.2. The highest BCUT2D eigenvalue weighted by Crippen LogP contribution is 2.50. The Bertz CT molecular complexity index is 1570. The summed E-state index contributed by atoms with van der Waals surface area (Å²) in [6.07, 6.45) is 8.47. The molecule has 4 aliphatic heterocycles. The number of hydrogen-bond acceptors (Lipinski definition) is 9. The third kappa shape index (κ3) is 10.7. The smallest absolute Gasteiger partial charge is 0.179 e. The van der Waals surface area contributed by atoms with Gasteiger partial charge < -0.3 is 23.8 Å². The van der Waals surface area contributed by atoms with E-state index in [9.17, 15) is 13.5 Å². The van der Waals surface area contributed by atoms with Gasteiger partial charge in [0.2, 0.25) is 0 Å². The number of ether oxygens (including phenoxy) is 1. The van der Waals surface area contributed by atoms with E-state index in [0.717, 1.165) is 49.1 Å². The molecule has 4 aliphatic rings. The molecule has 6 rings (SSSR count). The molecule has 2 aromatic rings.